The van der Waals surface area contributed by atoms with E-state index < -0.39 is 0 Å². The maximum absolute atomic E-state index is 12.7. The summed E-state index contributed by atoms with van der Waals surface area (Å²) in [6.45, 7) is 6.11. The van der Waals surface area contributed by atoms with Crippen LogP contribution in [0, 0.1) is 6.92 Å². The number of nitrogens with zero attached hydrogens (tertiary/aromatic N) is 4. The Bertz CT molecular complexity index is 795. The number of halogens is 1. The van der Waals surface area contributed by atoms with Gasteiger partial charge in [-0.25, -0.2) is 0 Å². The first-order valence-corrected chi connectivity index (χ1v) is 9.19. The van der Waals surface area contributed by atoms with Crippen LogP contribution in [0.2, 0.25) is 5.02 Å². The van der Waals surface area contributed by atoms with Gasteiger partial charge in [0.05, 0.1) is 6.54 Å². The molecule has 1 aromatic heterocycles. The third-order valence-corrected chi connectivity index (χ3v) is 5.62. The molecule has 1 amide bonds. The van der Waals surface area contributed by atoms with Gasteiger partial charge in [-0.05, 0) is 37.5 Å². The van der Waals surface area contributed by atoms with Gasteiger partial charge in [-0.2, -0.15) is 0 Å². The lowest BCUT2D eigenvalue weighted by molar-refractivity contribution is 0.0710. The first-order valence-electron chi connectivity index (χ1n) is 8.81. The second kappa shape index (κ2) is 6.77. The van der Waals surface area contributed by atoms with Gasteiger partial charge in [-0.15, -0.1) is 10.2 Å². The zero-order chi connectivity index (χ0) is 17.4. The summed E-state index contributed by atoms with van der Waals surface area (Å²) in [5, 5.41) is 12.7. The third-order valence-electron chi connectivity index (χ3n) is 5.22. The number of piperidine rings is 1. The molecule has 0 bridgehead atoms. The van der Waals surface area contributed by atoms with Crippen molar-refractivity contribution in [2.45, 2.75) is 38.8 Å². The van der Waals surface area contributed by atoms with Gasteiger partial charge in [0.2, 0.25) is 0 Å². The van der Waals surface area contributed by atoms with Crippen LogP contribution < -0.4 is 5.32 Å². The van der Waals surface area contributed by atoms with Crippen LogP contribution in [0.15, 0.2) is 18.2 Å². The Balaban J connectivity index is 1.43. The highest BCUT2D eigenvalue weighted by atomic mass is 35.5. The highest BCUT2D eigenvalue weighted by Gasteiger charge is 2.29. The number of rotatable bonds is 2. The summed E-state index contributed by atoms with van der Waals surface area (Å²) in [6.07, 6.45) is 1.85. The number of aromatic nitrogens is 3. The number of likely N-dealkylation sites (tertiary alicyclic amines) is 1. The Morgan fingerprint density at radius 1 is 1.24 bits per heavy atom. The van der Waals surface area contributed by atoms with Crippen molar-refractivity contribution in [2.75, 3.05) is 19.6 Å². The summed E-state index contributed by atoms with van der Waals surface area (Å²) in [5.41, 5.74) is 1.66. The number of hydrogen-bond donors (Lipinski definition) is 1. The Morgan fingerprint density at radius 2 is 2.04 bits per heavy atom. The van der Waals surface area contributed by atoms with E-state index in [2.05, 4.69) is 20.1 Å². The minimum absolute atomic E-state index is 0.0628. The van der Waals surface area contributed by atoms with Crippen LogP contribution >= 0.6 is 11.6 Å². The van der Waals surface area contributed by atoms with E-state index in [9.17, 15) is 4.79 Å². The lowest BCUT2D eigenvalue weighted by atomic mass is 9.95. The van der Waals surface area contributed by atoms with Crippen molar-refractivity contribution in [1.82, 2.24) is 25.0 Å². The van der Waals surface area contributed by atoms with Crippen molar-refractivity contribution in [2.24, 2.45) is 0 Å². The molecule has 1 aromatic carbocycles. The number of nitrogens with one attached hydrogen (secondary N) is 1. The van der Waals surface area contributed by atoms with E-state index in [1.54, 1.807) is 6.07 Å². The number of fused-ring (bicyclic) bond motifs is 1. The van der Waals surface area contributed by atoms with Crippen molar-refractivity contribution in [3.05, 3.63) is 46.0 Å². The SMILES string of the molecule is Cc1ccc(C(=O)N2CCC(c3nnc4n3CCNC4)CC2)cc1Cl. The zero-order valence-corrected chi connectivity index (χ0v) is 15.1. The molecule has 0 spiro atoms. The maximum Gasteiger partial charge on any atom is 0.253 e. The highest BCUT2D eigenvalue weighted by Crippen LogP contribution is 2.29. The van der Waals surface area contributed by atoms with Gasteiger partial charge in [-0.3, -0.25) is 4.79 Å². The summed E-state index contributed by atoms with van der Waals surface area (Å²) in [5.74, 6) is 2.55. The summed E-state index contributed by atoms with van der Waals surface area (Å²) < 4.78 is 2.25. The molecule has 0 radical (unpaired) electrons. The minimum Gasteiger partial charge on any atom is -0.339 e. The zero-order valence-electron chi connectivity index (χ0n) is 14.3. The van der Waals surface area contributed by atoms with Gasteiger partial charge in [0.15, 0.2) is 0 Å². The Morgan fingerprint density at radius 3 is 2.80 bits per heavy atom. The van der Waals surface area contributed by atoms with E-state index in [0.29, 0.717) is 16.5 Å². The van der Waals surface area contributed by atoms with Gasteiger partial charge in [0.1, 0.15) is 11.6 Å². The van der Waals surface area contributed by atoms with Crippen molar-refractivity contribution in [3.63, 3.8) is 0 Å². The van der Waals surface area contributed by atoms with E-state index >= 15 is 0 Å². The highest BCUT2D eigenvalue weighted by molar-refractivity contribution is 6.31. The van der Waals surface area contributed by atoms with Crippen molar-refractivity contribution >= 4 is 17.5 Å². The summed E-state index contributed by atoms with van der Waals surface area (Å²) in [7, 11) is 0. The average molecular weight is 360 g/mol. The van der Waals surface area contributed by atoms with E-state index in [0.717, 1.165) is 62.8 Å². The Hall–Kier alpha value is -1.92. The molecule has 0 atom stereocenters. The Kier molecular flexibility index (Phi) is 4.48. The number of hydrogen-bond acceptors (Lipinski definition) is 4. The predicted octanol–water partition coefficient (Wildman–Crippen LogP) is 2.36. The largest absolute Gasteiger partial charge is 0.339 e. The van der Waals surface area contributed by atoms with E-state index in [1.165, 1.54) is 0 Å². The Labute approximate surface area is 152 Å². The molecule has 4 rings (SSSR count). The van der Waals surface area contributed by atoms with E-state index in [4.69, 9.17) is 11.6 Å². The fourth-order valence-corrected chi connectivity index (χ4v) is 3.85. The van der Waals surface area contributed by atoms with Crippen LogP contribution in [0.4, 0.5) is 0 Å². The number of benzene rings is 1. The molecule has 3 heterocycles. The fourth-order valence-electron chi connectivity index (χ4n) is 3.67. The standard InChI is InChI=1S/C18H22ClN5O/c1-12-2-3-14(10-15(12)19)18(25)23-7-4-13(5-8-23)17-22-21-16-11-20-6-9-24(16)17/h2-3,10,13,20H,4-9,11H2,1H3. The molecule has 7 heteroatoms. The van der Waals surface area contributed by atoms with Gasteiger partial charge >= 0.3 is 0 Å². The summed E-state index contributed by atoms with van der Waals surface area (Å²) >= 11 is 6.16. The first-order chi connectivity index (χ1) is 12.1. The van der Waals surface area contributed by atoms with Gasteiger partial charge in [0.25, 0.3) is 5.91 Å². The molecule has 25 heavy (non-hydrogen) atoms. The van der Waals surface area contributed by atoms with Crippen molar-refractivity contribution < 1.29 is 4.79 Å². The molecule has 1 N–H and O–H groups in total. The number of amides is 1. The second-order valence-corrected chi connectivity index (χ2v) is 7.24. The molecule has 132 valence electrons. The monoisotopic (exact) mass is 359 g/mol. The van der Waals surface area contributed by atoms with Crippen LogP contribution in [-0.4, -0.2) is 45.2 Å². The van der Waals surface area contributed by atoms with Crippen LogP contribution in [-0.2, 0) is 13.1 Å². The lowest BCUT2D eigenvalue weighted by Gasteiger charge is -2.32. The van der Waals surface area contributed by atoms with E-state index in [-0.39, 0.29) is 5.91 Å². The fraction of sp³-hybridized carbons (Fsp3) is 0.500. The second-order valence-electron chi connectivity index (χ2n) is 6.83. The third kappa shape index (κ3) is 3.16. The molecule has 0 aliphatic carbocycles. The summed E-state index contributed by atoms with van der Waals surface area (Å²) in [4.78, 5) is 14.6. The maximum atomic E-state index is 12.7. The number of carbonyl (C=O) groups is 1. The quantitative estimate of drug-likeness (QED) is 0.894. The molecule has 0 unspecified atom stereocenters. The number of carbonyl (C=O) groups excluding carboxylic acids is 1. The molecule has 2 aliphatic rings. The molecular weight excluding hydrogens is 338 g/mol. The number of aryl methyl sites for hydroxylation is 1. The topological polar surface area (TPSA) is 63.1 Å². The van der Waals surface area contributed by atoms with Gasteiger partial charge < -0.3 is 14.8 Å². The summed E-state index contributed by atoms with van der Waals surface area (Å²) in [6, 6.07) is 5.53. The molecular formula is C18H22ClN5O. The van der Waals surface area contributed by atoms with Gasteiger partial charge in [-0.1, -0.05) is 17.7 Å². The minimum atomic E-state index is 0.0628. The molecule has 1 saturated heterocycles. The van der Waals surface area contributed by atoms with Crippen LogP contribution in [0.5, 0.6) is 0 Å². The first kappa shape index (κ1) is 16.5. The smallest absolute Gasteiger partial charge is 0.253 e. The van der Waals surface area contributed by atoms with Gasteiger partial charge in [0, 0.05) is 42.7 Å². The predicted molar refractivity (Wildman–Crippen MR) is 95.8 cm³/mol. The van der Waals surface area contributed by atoms with Crippen LogP contribution in [0.3, 0.4) is 0 Å². The molecule has 2 aromatic rings. The van der Waals surface area contributed by atoms with Crippen molar-refractivity contribution in [3.8, 4) is 0 Å². The normalized spacial score (nSPS) is 18.2. The van der Waals surface area contributed by atoms with E-state index in [1.807, 2.05) is 24.0 Å². The molecule has 6 nitrogen and oxygen atoms in total. The van der Waals surface area contributed by atoms with Crippen molar-refractivity contribution in [1.29, 1.82) is 0 Å². The lowest BCUT2D eigenvalue weighted by Crippen LogP contribution is -2.39. The molecule has 1 fully saturated rings. The van der Waals surface area contributed by atoms with Crippen LogP contribution in [0.1, 0.15) is 46.3 Å². The molecule has 0 saturated carbocycles. The molecule has 2 aliphatic heterocycles. The average Bonchev–Trinajstić information content (AvgIpc) is 3.08. The van der Waals surface area contributed by atoms with Crippen LogP contribution in [0.25, 0.3) is 0 Å².